The molecule has 122 valence electrons. The third kappa shape index (κ3) is 6.21. The number of hydrogen-bond acceptors (Lipinski definition) is 5. The lowest BCUT2D eigenvalue weighted by Crippen LogP contribution is -2.27. The standard InChI is InChI=1S/C15H15ClN2O3S2/c16-11-3-1-10(2-4-11)15-18-12(8-23-15)7-13(19)17-5-6-22-9-14(20)21/h1-4,8H,5-7,9H2,(H,17,19)(H,20,21). The van der Waals surface area contributed by atoms with E-state index in [1.165, 1.54) is 23.1 Å². The summed E-state index contributed by atoms with van der Waals surface area (Å²) in [5.74, 6) is -0.343. The molecule has 0 radical (unpaired) electrons. The summed E-state index contributed by atoms with van der Waals surface area (Å²) in [4.78, 5) is 26.6. The lowest BCUT2D eigenvalue weighted by molar-refractivity contribution is -0.133. The van der Waals surface area contributed by atoms with Crippen LogP contribution in [0.15, 0.2) is 29.6 Å². The van der Waals surface area contributed by atoms with Crippen molar-refractivity contribution in [3.05, 3.63) is 40.4 Å². The van der Waals surface area contributed by atoms with Crippen molar-refractivity contribution in [3.63, 3.8) is 0 Å². The molecule has 0 aliphatic heterocycles. The Morgan fingerprint density at radius 3 is 2.74 bits per heavy atom. The van der Waals surface area contributed by atoms with Gasteiger partial charge in [-0.15, -0.1) is 23.1 Å². The zero-order chi connectivity index (χ0) is 16.7. The molecule has 0 saturated heterocycles. The molecule has 8 heteroatoms. The predicted octanol–water partition coefficient (Wildman–Crippen LogP) is 2.94. The van der Waals surface area contributed by atoms with Gasteiger partial charge in [-0.25, -0.2) is 4.98 Å². The van der Waals surface area contributed by atoms with Gasteiger partial charge >= 0.3 is 5.97 Å². The largest absolute Gasteiger partial charge is 0.481 e. The fourth-order valence-corrected chi connectivity index (χ4v) is 3.28. The molecule has 2 aromatic rings. The highest BCUT2D eigenvalue weighted by molar-refractivity contribution is 7.99. The Hall–Kier alpha value is -1.57. The Morgan fingerprint density at radius 2 is 2.04 bits per heavy atom. The molecule has 2 rings (SSSR count). The van der Waals surface area contributed by atoms with E-state index in [1.54, 1.807) is 12.1 Å². The maximum atomic E-state index is 11.8. The van der Waals surface area contributed by atoms with E-state index in [1.807, 2.05) is 17.5 Å². The summed E-state index contributed by atoms with van der Waals surface area (Å²) in [7, 11) is 0. The second kappa shape index (κ2) is 8.90. The van der Waals surface area contributed by atoms with E-state index >= 15 is 0 Å². The zero-order valence-corrected chi connectivity index (χ0v) is 14.5. The average Bonchev–Trinajstić information content (AvgIpc) is 2.95. The Morgan fingerprint density at radius 1 is 1.30 bits per heavy atom. The van der Waals surface area contributed by atoms with Crippen LogP contribution in [-0.4, -0.2) is 40.0 Å². The number of carbonyl (C=O) groups excluding carboxylic acids is 1. The van der Waals surface area contributed by atoms with Crippen molar-refractivity contribution >= 4 is 46.6 Å². The SMILES string of the molecule is O=C(O)CSCCNC(=O)Cc1csc(-c2ccc(Cl)cc2)n1. The minimum Gasteiger partial charge on any atom is -0.481 e. The first kappa shape index (κ1) is 17.8. The van der Waals surface area contributed by atoms with Gasteiger partial charge in [0.25, 0.3) is 0 Å². The fraction of sp³-hybridized carbons (Fsp3) is 0.267. The number of carbonyl (C=O) groups is 2. The first-order chi connectivity index (χ1) is 11.0. The molecule has 0 spiro atoms. The predicted molar refractivity (Wildman–Crippen MR) is 94.2 cm³/mol. The number of thioether (sulfide) groups is 1. The van der Waals surface area contributed by atoms with Crippen LogP contribution in [0, 0.1) is 0 Å². The minimum absolute atomic E-state index is 0.0480. The van der Waals surface area contributed by atoms with Crippen LogP contribution in [0.25, 0.3) is 10.6 Å². The Kier molecular flexibility index (Phi) is 6.88. The number of rotatable bonds is 8. The number of halogens is 1. The fourth-order valence-electron chi connectivity index (χ4n) is 1.76. The Balaban J connectivity index is 1.78. The van der Waals surface area contributed by atoms with E-state index in [-0.39, 0.29) is 18.1 Å². The monoisotopic (exact) mass is 370 g/mol. The van der Waals surface area contributed by atoms with Crippen molar-refractivity contribution in [1.29, 1.82) is 0 Å². The summed E-state index contributed by atoms with van der Waals surface area (Å²) < 4.78 is 0. The summed E-state index contributed by atoms with van der Waals surface area (Å²) in [6.45, 7) is 0.449. The minimum atomic E-state index is -0.849. The van der Waals surface area contributed by atoms with E-state index in [0.717, 1.165) is 16.3 Å². The molecule has 0 aliphatic rings. The molecular formula is C15H15ClN2O3S2. The Bertz CT molecular complexity index is 674. The number of amides is 1. The molecule has 0 saturated carbocycles. The van der Waals surface area contributed by atoms with Crippen molar-refractivity contribution in [2.75, 3.05) is 18.1 Å². The van der Waals surface area contributed by atoms with E-state index in [2.05, 4.69) is 10.3 Å². The molecule has 1 aromatic heterocycles. The van der Waals surface area contributed by atoms with E-state index in [0.29, 0.717) is 17.3 Å². The van der Waals surface area contributed by atoms with Gasteiger partial charge in [0.05, 0.1) is 17.9 Å². The molecule has 23 heavy (non-hydrogen) atoms. The molecule has 0 atom stereocenters. The van der Waals surface area contributed by atoms with E-state index in [4.69, 9.17) is 16.7 Å². The highest BCUT2D eigenvalue weighted by Gasteiger charge is 2.09. The molecule has 0 aliphatic carbocycles. The van der Waals surface area contributed by atoms with Crippen molar-refractivity contribution < 1.29 is 14.7 Å². The van der Waals surface area contributed by atoms with Crippen molar-refractivity contribution in [1.82, 2.24) is 10.3 Å². The summed E-state index contributed by atoms with van der Waals surface area (Å²) in [5, 5.41) is 14.6. The molecule has 2 N–H and O–H groups in total. The molecule has 1 aromatic carbocycles. The van der Waals surface area contributed by atoms with Crippen molar-refractivity contribution in [2.45, 2.75) is 6.42 Å². The topological polar surface area (TPSA) is 79.3 Å². The molecule has 0 bridgehead atoms. The molecule has 0 fully saturated rings. The number of hydrogen-bond donors (Lipinski definition) is 2. The van der Waals surface area contributed by atoms with Gasteiger partial charge in [0.2, 0.25) is 5.91 Å². The number of carboxylic acids is 1. The first-order valence-corrected chi connectivity index (χ1v) is 9.22. The number of thiazole rings is 1. The highest BCUT2D eigenvalue weighted by Crippen LogP contribution is 2.25. The van der Waals surface area contributed by atoms with Gasteiger partial charge < -0.3 is 10.4 Å². The summed E-state index contributed by atoms with van der Waals surface area (Å²) in [5.41, 5.74) is 1.69. The molecule has 0 unspecified atom stereocenters. The van der Waals surface area contributed by atoms with E-state index < -0.39 is 5.97 Å². The van der Waals surface area contributed by atoms with Crippen LogP contribution in [0.5, 0.6) is 0 Å². The van der Waals surface area contributed by atoms with Gasteiger partial charge in [0.15, 0.2) is 0 Å². The van der Waals surface area contributed by atoms with Crippen LogP contribution >= 0.6 is 34.7 Å². The van der Waals surface area contributed by atoms with Crippen LogP contribution in [0.3, 0.4) is 0 Å². The number of nitrogens with one attached hydrogen (secondary N) is 1. The van der Waals surface area contributed by atoms with Crippen molar-refractivity contribution in [2.24, 2.45) is 0 Å². The van der Waals surface area contributed by atoms with Crippen LogP contribution < -0.4 is 5.32 Å². The molecule has 1 amide bonds. The van der Waals surface area contributed by atoms with Crippen LogP contribution in [0.2, 0.25) is 5.02 Å². The number of carboxylic acid groups (broad SMARTS) is 1. The van der Waals surface area contributed by atoms with E-state index in [9.17, 15) is 9.59 Å². The quantitative estimate of drug-likeness (QED) is 0.698. The van der Waals surface area contributed by atoms with Crippen molar-refractivity contribution in [3.8, 4) is 10.6 Å². The lowest BCUT2D eigenvalue weighted by atomic mass is 10.2. The third-order valence-corrected chi connectivity index (χ3v) is 4.91. The average molecular weight is 371 g/mol. The molecule has 5 nitrogen and oxygen atoms in total. The second-order valence-corrected chi connectivity index (χ2v) is 7.02. The smallest absolute Gasteiger partial charge is 0.313 e. The number of benzene rings is 1. The maximum Gasteiger partial charge on any atom is 0.313 e. The molecule has 1 heterocycles. The maximum absolute atomic E-state index is 11.8. The lowest BCUT2D eigenvalue weighted by Gasteiger charge is -2.03. The summed E-state index contributed by atoms with van der Waals surface area (Å²) >= 11 is 8.61. The van der Waals surface area contributed by atoms with Crippen LogP contribution in [-0.2, 0) is 16.0 Å². The van der Waals surface area contributed by atoms with Crippen LogP contribution in [0.4, 0.5) is 0 Å². The van der Waals surface area contributed by atoms with Gasteiger partial charge in [-0.3, -0.25) is 9.59 Å². The van der Waals surface area contributed by atoms with Gasteiger partial charge in [0, 0.05) is 28.3 Å². The number of aliphatic carboxylic acids is 1. The summed E-state index contributed by atoms with van der Waals surface area (Å²) in [6, 6.07) is 7.40. The second-order valence-electron chi connectivity index (χ2n) is 4.62. The van der Waals surface area contributed by atoms with Crippen LogP contribution in [0.1, 0.15) is 5.69 Å². The number of nitrogens with zero attached hydrogens (tertiary/aromatic N) is 1. The van der Waals surface area contributed by atoms with Gasteiger partial charge in [-0.05, 0) is 12.1 Å². The highest BCUT2D eigenvalue weighted by atomic mass is 35.5. The van der Waals surface area contributed by atoms with Gasteiger partial charge in [0.1, 0.15) is 5.01 Å². The first-order valence-electron chi connectivity index (χ1n) is 6.81. The van der Waals surface area contributed by atoms with Gasteiger partial charge in [-0.2, -0.15) is 0 Å². The van der Waals surface area contributed by atoms with Gasteiger partial charge in [-0.1, -0.05) is 23.7 Å². The zero-order valence-electron chi connectivity index (χ0n) is 12.1. The Labute approximate surface area is 147 Å². The normalized spacial score (nSPS) is 10.5. The summed E-state index contributed by atoms with van der Waals surface area (Å²) in [6.07, 6.45) is 0.216. The number of aromatic nitrogens is 1. The third-order valence-electron chi connectivity index (χ3n) is 2.78. The molecular weight excluding hydrogens is 356 g/mol.